The van der Waals surface area contributed by atoms with Gasteiger partial charge in [-0.3, -0.25) is 14.5 Å². The average molecular weight is 567 g/mol. The second kappa shape index (κ2) is 13.8. The van der Waals surface area contributed by atoms with Crippen molar-refractivity contribution in [2.75, 3.05) is 20.3 Å². The zero-order valence-electron chi connectivity index (χ0n) is 21.9. The Morgan fingerprint density at radius 1 is 1.00 bits per heavy atom. The maximum atomic E-state index is 12.6. The van der Waals surface area contributed by atoms with Crippen molar-refractivity contribution >= 4 is 35.0 Å². The largest absolute Gasteiger partial charge is 0.377 e. The summed E-state index contributed by atoms with van der Waals surface area (Å²) in [6.07, 6.45) is 3.50. The minimum atomic E-state index is -0.772. The number of halogens is 2. The standard InChI is InChI=1S/C31H33Cl2N3O3/c1-36-28(22-10-13-25(32)14-11-22)15-12-24(30(36)23-8-5-9-26(33)19-23)20-39-17-16-29(37)35-27(31(34)38)18-21-6-3-2-4-7-21/h2-14,19,27-28,30H,15-18,20H2,1H3,(H2,34,38)(H,35,37)/t27-,28?,30?/m0/s1. The molecule has 0 saturated heterocycles. The van der Waals surface area contributed by atoms with Crippen LogP contribution < -0.4 is 11.1 Å². The number of nitrogens with zero attached hydrogens (tertiary/aromatic N) is 1. The van der Waals surface area contributed by atoms with Crippen LogP contribution in [0, 0.1) is 0 Å². The van der Waals surface area contributed by atoms with Crippen molar-refractivity contribution < 1.29 is 14.3 Å². The molecule has 204 valence electrons. The first kappa shape index (κ1) is 28.8. The molecule has 2 amide bonds. The van der Waals surface area contributed by atoms with Gasteiger partial charge in [-0.1, -0.05) is 83.9 Å². The van der Waals surface area contributed by atoms with Crippen molar-refractivity contribution in [1.82, 2.24) is 10.2 Å². The van der Waals surface area contributed by atoms with Crippen LogP contribution in [0.25, 0.3) is 0 Å². The highest BCUT2D eigenvalue weighted by atomic mass is 35.5. The number of nitrogens with two attached hydrogens (primary N) is 1. The third-order valence-electron chi connectivity index (χ3n) is 6.98. The molecule has 6 nitrogen and oxygen atoms in total. The van der Waals surface area contributed by atoms with Gasteiger partial charge in [0.2, 0.25) is 11.8 Å². The lowest BCUT2D eigenvalue weighted by Gasteiger charge is -2.40. The van der Waals surface area contributed by atoms with E-state index in [1.54, 1.807) is 0 Å². The Kier molecular flexibility index (Phi) is 10.2. The second-order valence-corrected chi connectivity index (χ2v) is 10.6. The summed E-state index contributed by atoms with van der Waals surface area (Å²) in [4.78, 5) is 26.8. The zero-order chi connectivity index (χ0) is 27.8. The summed E-state index contributed by atoms with van der Waals surface area (Å²) in [5.41, 5.74) is 9.81. The average Bonchev–Trinajstić information content (AvgIpc) is 2.92. The predicted octanol–water partition coefficient (Wildman–Crippen LogP) is 5.66. The number of benzene rings is 3. The maximum absolute atomic E-state index is 12.6. The normalized spacial score (nSPS) is 18.3. The minimum Gasteiger partial charge on any atom is -0.377 e. The summed E-state index contributed by atoms with van der Waals surface area (Å²) in [6.45, 7) is 0.581. The van der Waals surface area contributed by atoms with E-state index in [4.69, 9.17) is 33.7 Å². The van der Waals surface area contributed by atoms with E-state index in [1.165, 1.54) is 5.56 Å². The number of likely N-dealkylation sites (N-methyl/N-ethyl adjacent to an activating group) is 1. The monoisotopic (exact) mass is 565 g/mol. The molecule has 8 heteroatoms. The van der Waals surface area contributed by atoms with Gasteiger partial charge in [-0.15, -0.1) is 0 Å². The van der Waals surface area contributed by atoms with Crippen LogP contribution in [0.5, 0.6) is 0 Å². The van der Waals surface area contributed by atoms with Crippen LogP contribution in [0.3, 0.4) is 0 Å². The highest BCUT2D eigenvalue weighted by Crippen LogP contribution is 2.41. The van der Waals surface area contributed by atoms with Gasteiger partial charge >= 0.3 is 0 Å². The van der Waals surface area contributed by atoms with Crippen LogP contribution in [0.4, 0.5) is 0 Å². The molecule has 3 N–H and O–H groups in total. The summed E-state index contributed by atoms with van der Waals surface area (Å²) in [5, 5.41) is 4.12. The molecule has 39 heavy (non-hydrogen) atoms. The fourth-order valence-electron chi connectivity index (χ4n) is 5.00. The molecule has 0 bridgehead atoms. The topological polar surface area (TPSA) is 84.7 Å². The van der Waals surface area contributed by atoms with E-state index in [9.17, 15) is 9.59 Å². The lowest BCUT2D eigenvalue weighted by Crippen LogP contribution is -2.46. The quantitative estimate of drug-likeness (QED) is 0.232. The summed E-state index contributed by atoms with van der Waals surface area (Å²) in [5.74, 6) is -0.846. The van der Waals surface area contributed by atoms with Crippen LogP contribution in [0.1, 0.15) is 41.6 Å². The first-order chi connectivity index (χ1) is 18.8. The van der Waals surface area contributed by atoms with Crippen molar-refractivity contribution in [3.63, 3.8) is 0 Å². The SMILES string of the molecule is CN1C(c2ccc(Cl)cc2)CC=C(COCCC(=O)N[C@@H](Cc2ccccc2)C(N)=O)C1c1cccc(Cl)c1. The van der Waals surface area contributed by atoms with E-state index in [1.807, 2.05) is 60.7 Å². The van der Waals surface area contributed by atoms with Crippen LogP contribution in [-0.4, -0.2) is 43.0 Å². The molecule has 1 heterocycles. The van der Waals surface area contributed by atoms with E-state index in [0.29, 0.717) is 23.1 Å². The zero-order valence-corrected chi connectivity index (χ0v) is 23.4. The summed E-state index contributed by atoms with van der Waals surface area (Å²) >= 11 is 12.5. The highest BCUT2D eigenvalue weighted by Gasteiger charge is 2.32. The number of primary amides is 1. The first-order valence-electron chi connectivity index (χ1n) is 12.9. The van der Waals surface area contributed by atoms with E-state index >= 15 is 0 Å². The molecule has 3 aromatic rings. The van der Waals surface area contributed by atoms with Gasteiger partial charge in [0.1, 0.15) is 6.04 Å². The number of carbonyl (C=O) groups is 2. The van der Waals surface area contributed by atoms with E-state index in [2.05, 4.69) is 41.5 Å². The van der Waals surface area contributed by atoms with Gasteiger partial charge in [-0.25, -0.2) is 0 Å². The van der Waals surface area contributed by atoms with Gasteiger partial charge in [0.15, 0.2) is 0 Å². The van der Waals surface area contributed by atoms with Crippen molar-refractivity contribution in [3.8, 4) is 0 Å². The maximum Gasteiger partial charge on any atom is 0.240 e. The third-order valence-corrected chi connectivity index (χ3v) is 7.46. The Balaban J connectivity index is 1.38. The molecular formula is C31H33Cl2N3O3. The molecule has 3 aromatic carbocycles. The molecule has 4 rings (SSSR count). The molecule has 1 aliphatic heterocycles. The summed E-state index contributed by atoms with van der Waals surface area (Å²) in [7, 11) is 2.10. The van der Waals surface area contributed by atoms with Crippen molar-refractivity contribution in [1.29, 1.82) is 0 Å². The van der Waals surface area contributed by atoms with E-state index < -0.39 is 11.9 Å². The van der Waals surface area contributed by atoms with Crippen LogP contribution in [-0.2, 0) is 20.7 Å². The molecule has 0 spiro atoms. The van der Waals surface area contributed by atoms with Crippen LogP contribution in [0.15, 0.2) is 90.5 Å². The third kappa shape index (κ3) is 7.93. The Bertz CT molecular complexity index is 1300. The van der Waals surface area contributed by atoms with E-state index in [0.717, 1.165) is 23.1 Å². The van der Waals surface area contributed by atoms with Crippen LogP contribution >= 0.6 is 23.2 Å². The molecule has 0 fully saturated rings. The fourth-order valence-corrected chi connectivity index (χ4v) is 5.32. The summed E-state index contributed by atoms with van der Waals surface area (Å²) < 4.78 is 5.97. The smallest absolute Gasteiger partial charge is 0.240 e. The molecule has 0 aromatic heterocycles. The second-order valence-electron chi connectivity index (χ2n) is 9.72. The molecule has 2 unspecified atom stereocenters. The van der Waals surface area contributed by atoms with Gasteiger partial charge in [-0.2, -0.15) is 0 Å². The number of nitrogens with one attached hydrogen (secondary N) is 1. The Hall–Kier alpha value is -3.16. The van der Waals surface area contributed by atoms with Gasteiger partial charge in [0.05, 0.1) is 19.3 Å². The number of hydrogen-bond acceptors (Lipinski definition) is 4. The fraction of sp³-hybridized carbons (Fsp3) is 0.290. The van der Waals surface area contributed by atoms with Crippen molar-refractivity contribution in [2.24, 2.45) is 5.73 Å². The molecule has 1 aliphatic rings. The van der Waals surface area contributed by atoms with Crippen molar-refractivity contribution in [3.05, 3.63) is 117 Å². The van der Waals surface area contributed by atoms with Crippen molar-refractivity contribution in [2.45, 2.75) is 37.4 Å². The Labute approximate surface area is 239 Å². The predicted molar refractivity (Wildman–Crippen MR) is 156 cm³/mol. The first-order valence-corrected chi connectivity index (χ1v) is 13.7. The van der Waals surface area contributed by atoms with Gasteiger partial charge in [0, 0.05) is 28.9 Å². The number of carbonyl (C=O) groups excluding carboxylic acids is 2. The number of rotatable bonds is 11. The van der Waals surface area contributed by atoms with Gasteiger partial charge in [0.25, 0.3) is 0 Å². The Morgan fingerprint density at radius 2 is 1.74 bits per heavy atom. The molecule has 0 aliphatic carbocycles. The number of ether oxygens (including phenoxy) is 1. The lowest BCUT2D eigenvalue weighted by molar-refractivity contribution is -0.128. The Morgan fingerprint density at radius 3 is 2.44 bits per heavy atom. The minimum absolute atomic E-state index is 0.0444. The van der Waals surface area contributed by atoms with E-state index in [-0.39, 0.29) is 31.0 Å². The molecular weight excluding hydrogens is 533 g/mol. The number of amides is 2. The van der Waals surface area contributed by atoms with Gasteiger partial charge < -0.3 is 15.8 Å². The molecule has 0 radical (unpaired) electrons. The molecule has 0 saturated carbocycles. The highest BCUT2D eigenvalue weighted by molar-refractivity contribution is 6.30. The number of hydrogen-bond donors (Lipinski definition) is 2. The van der Waals surface area contributed by atoms with Crippen LogP contribution in [0.2, 0.25) is 10.0 Å². The summed E-state index contributed by atoms with van der Waals surface area (Å²) in [6, 6.07) is 24.6. The lowest BCUT2D eigenvalue weighted by atomic mass is 9.88. The van der Waals surface area contributed by atoms with Gasteiger partial charge in [-0.05, 0) is 60.0 Å². The molecule has 3 atom stereocenters.